The molecule has 1 aromatic heterocycles. The predicted octanol–water partition coefficient (Wildman–Crippen LogP) is 14.1. The zero-order valence-electron chi connectivity index (χ0n) is 30.3. The lowest BCUT2D eigenvalue weighted by atomic mass is 9.43. The van der Waals surface area contributed by atoms with Gasteiger partial charge in [-0.25, -0.2) is 0 Å². The lowest BCUT2D eigenvalue weighted by Gasteiger charge is -2.61. The summed E-state index contributed by atoms with van der Waals surface area (Å²) >= 11 is 0. The average molecular weight is 696 g/mol. The van der Waals surface area contributed by atoms with Crippen LogP contribution < -0.4 is 4.90 Å². The van der Waals surface area contributed by atoms with Gasteiger partial charge in [0, 0.05) is 33.1 Å². The highest BCUT2D eigenvalue weighted by Gasteiger charge is 2.61. The summed E-state index contributed by atoms with van der Waals surface area (Å²) in [5.74, 6) is 3.22. The third-order valence-corrected chi connectivity index (χ3v) is 13.8. The smallest absolute Gasteiger partial charge is 0.135 e. The Morgan fingerprint density at radius 3 is 1.83 bits per heavy atom. The number of benzene rings is 7. The summed E-state index contributed by atoms with van der Waals surface area (Å²) in [6.45, 7) is 0. The second kappa shape index (κ2) is 11.6. The molecule has 0 aliphatic heterocycles. The molecular formula is C52H41NO. The Morgan fingerprint density at radius 1 is 0.444 bits per heavy atom. The van der Waals surface area contributed by atoms with Crippen LogP contribution in [0.15, 0.2) is 168 Å². The van der Waals surface area contributed by atoms with Crippen LogP contribution in [0.3, 0.4) is 0 Å². The van der Waals surface area contributed by atoms with Gasteiger partial charge in [0.2, 0.25) is 0 Å². The van der Waals surface area contributed by atoms with Crippen molar-refractivity contribution in [2.45, 2.75) is 37.5 Å². The fourth-order valence-electron chi connectivity index (χ4n) is 12.0. The molecule has 0 amide bonds. The van der Waals surface area contributed by atoms with Crippen LogP contribution in [0.4, 0.5) is 17.1 Å². The van der Waals surface area contributed by atoms with Crippen molar-refractivity contribution in [1.29, 1.82) is 0 Å². The SMILES string of the molecule is c1ccc(-c2ccccc2N(c2ccc3c(c2)-c2c(-c4ccccc4)cccc2C32C3CC4CC(C3)CC2C4)c2ccc3oc4ccccc4c3c2)cc1. The van der Waals surface area contributed by atoms with Gasteiger partial charge in [-0.3, -0.25) is 0 Å². The second-order valence-corrected chi connectivity index (χ2v) is 16.5. The van der Waals surface area contributed by atoms with E-state index in [0.717, 1.165) is 45.1 Å². The lowest BCUT2D eigenvalue weighted by molar-refractivity contribution is -0.0399. The van der Waals surface area contributed by atoms with Gasteiger partial charge in [0.05, 0.1) is 5.69 Å². The molecule has 8 aromatic rings. The first-order valence-corrected chi connectivity index (χ1v) is 19.9. The van der Waals surface area contributed by atoms with Gasteiger partial charge in [0.1, 0.15) is 11.2 Å². The fourth-order valence-corrected chi connectivity index (χ4v) is 12.0. The molecule has 1 heterocycles. The minimum absolute atomic E-state index is 0.0861. The molecule has 2 nitrogen and oxygen atoms in total. The molecule has 0 N–H and O–H groups in total. The molecule has 0 unspecified atom stereocenters. The van der Waals surface area contributed by atoms with Gasteiger partial charge in [-0.15, -0.1) is 0 Å². The second-order valence-electron chi connectivity index (χ2n) is 16.5. The number of hydrogen-bond acceptors (Lipinski definition) is 2. The summed E-state index contributed by atoms with van der Waals surface area (Å²) in [7, 11) is 0. The van der Waals surface area contributed by atoms with E-state index < -0.39 is 0 Å². The topological polar surface area (TPSA) is 16.4 Å². The molecule has 260 valence electrons. The molecular weight excluding hydrogens is 655 g/mol. The minimum Gasteiger partial charge on any atom is -0.456 e. The van der Waals surface area contributed by atoms with Crippen LogP contribution in [0.25, 0.3) is 55.3 Å². The van der Waals surface area contributed by atoms with Gasteiger partial charge in [-0.1, -0.05) is 121 Å². The standard InChI is InChI=1S/C52H41NO/c1-3-12-35(13-4-1)41-16-7-9-20-48(41)53(40-23-25-50-44(31-40)43-17-8-10-21-49(43)54-50)39-22-24-46-45(32-39)51-42(36-14-5-2-6-15-36)18-11-19-47(51)52(46)37-27-33-26-34(29-37)30-38(52)28-33/h1-25,31-34,37-38H,26-30H2. The number of furan rings is 1. The third kappa shape index (κ3) is 4.28. The number of hydrogen-bond donors (Lipinski definition) is 0. The fraction of sp³-hybridized carbons (Fsp3) is 0.192. The van der Waals surface area contributed by atoms with E-state index in [4.69, 9.17) is 4.42 Å². The van der Waals surface area contributed by atoms with E-state index in [1.54, 1.807) is 11.1 Å². The van der Waals surface area contributed by atoms with Crippen LogP contribution in [-0.2, 0) is 5.41 Å². The molecule has 54 heavy (non-hydrogen) atoms. The molecule has 4 bridgehead atoms. The summed E-state index contributed by atoms with van der Waals surface area (Å²) < 4.78 is 6.34. The van der Waals surface area contributed by atoms with E-state index in [9.17, 15) is 0 Å². The van der Waals surface area contributed by atoms with Crippen molar-refractivity contribution in [3.8, 4) is 33.4 Å². The van der Waals surface area contributed by atoms with Crippen molar-refractivity contribution < 1.29 is 4.42 Å². The molecule has 13 rings (SSSR count). The van der Waals surface area contributed by atoms with Gasteiger partial charge < -0.3 is 9.32 Å². The number of nitrogens with zero attached hydrogens (tertiary/aromatic N) is 1. The van der Waals surface area contributed by atoms with Crippen LogP contribution >= 0.6 is 0 Å². The van der Waals surface area contributed by atoms with Crippen LogP contribution in [-0.4, -0.2) is 0 Å². The van der Waals surface area contributed by atoms with Crippen LogP contribution in [0.1, 0.15) is 43.2 Å². The van der Waals surface area contributed by atoms with E-state index in [0.29, 0.717) is 11.8 Å². The number of rotatable bonds is 5. The quantitative estimate of drug-likeness (QED) is 0.178. The van der Waals surface area contributed by atoms with Gasteiger partial charge >= 0.3 is 0 Å². The van der Waals surface area contributed by atoms with Gasteiger partial charge in [0.25, 0.3) is 0 Å². The van der Waals surface area contributed by atoms with Gasteiger partial charge in [-0.2, -0.15) is 0 Å². The summed E-state index contributed by atoms with van der Waals surface area (Å²) in [6.07, 6.45) is 6.95. The zero-order chi connectivity index (χ0) is 35.4. The molecule has 0 radical (unpaired) electrons. The van der Waals surface area contributed by atoms with Crippen molar-refractivity contribution >= 4 is 39.0 Å². The zero-order valence-corrected chi connectivity index (χ0v) is 30.3. The molecule has 1 spiro atoms. The summed E-state index contributed by atoms with van der Waals surface area (Å²) in [5.41, 5.74) is 16.5. The predicted molar refractivity (Wildman–Crippen MR) is 223 cm³/mol. The van der Waals surface area contributed by atoms with Crippen molar-refractivity contribution in [2.24, 2.45) is 23.7 Å². The molecule has 5 aliphatic rings. The summed E-state index contributed by atoms with van der Waals surface area (Å²) in [6, 6.07) is 60.8. The van der Waals surface area contributed by atoms with Gasteiger partial charge in [-0.05, 0) is 137 Å². The Bertz CT molecular complexity index is 2710. The highest BCUT2D eigenvalue weighted by molar-refractivity contribution is 6.07. The van der Waals surface area contributed by atoms with E-state index in [2.05, 4.69) is 169 Å². The third-order valence-electron chi connectivity index (χ3n) is 13.8. The Labute approximate surface area is 316 Å². The van der Waals surface area contributed by atoms with Crippen molar-refractivity contribution in [3.05, 3.63) is 175 Å². The molecule has 4 saturated carbocycles. The molecule has 5 aliphatic carbocycles. The Balaban J connectivity index is 1.13. The van der Waals surface area contributed by atoms with Crippen molar-refractivity contribution in [1.82, 2.24) is 0 Å². The molecule has 7 aromatic carbocycles. The van der Waals surface area contributed by atoms with E-state index in [1.807, 2.05) is 0 Å². The van der Waals surface area contributed by atoms with Crippen molar-refractivity contribution in [3.63, 3.8) is 0 Å². The molecule has 4 fully saturated rings. The van der Waals surface area contributed by atoms with E-state index >= 15 is 0 Å². The molecule has 0 saturated heterocycles. The lowest BCUT2D eigenvalue weighted by Crippen LogP contribution is -2.55. The maximum absolute atomic E-state index is 6.34. The highest BCUT2D eigenvalue weighted by Crippen LogP contribution is 2.70. The largest absolute Gasteiger partial charge is 0.456 e. The molecule has 0 atom stereocenters. The van der Waals surface area contributed by atoms with Gasteiger partial charge in [0.15, 0.2) is 0 Å². The highest BCUT2D eigenvalue weighted by atomic mass is 16.3. The summed E-state index contributed by atoms with van der Waals surface area (Å²) in [5, 5.41) is 2.28. The Kier molecular flexibility index (Phi) is 6.55. The molecule has 2 heteroatoms. The van der Waals surface area contributed by atoms with E-state index in [1.165, 1.54) is 71.2 Å². The maximum Gasteiger partial charge on any atom is 0.135 e. The minimum atomic E-state index is 0.0861. The average Bonchev–Trinajstić information content (AvgIpc) is 3.74. The number of fused-ring (bicyclic) bond motifs is 6. The van der Waals surface area contributed by atoms with Crippen LogP contribution in [0.2, 0.25) is 0 Å². The Hall–Kier alpha value is -5.86. The maximum atomic E-state index is 6.34. The first-order chi connectivity index (χ1) is 26.7. The van der Waals surface area contributed by atoms with E-state index in [-0.39, 0.29) is 5.41 Å². The van der Waals surface area contributed by atoms with Crippen molar-refractivity contribution in [2.75, 3.05) is 4.90 Å². The first-order valence-electron chi connectivity index (χ1n) is 19.9. The first kappa shape index (κ1) is 30.6. The Morgan fingerprint density at radius 2 is 1.06 bits per heavy atom. The number of anilines is 3. The monoisotopic (exact) mass is 695 g/mol. The summed E-state index contributed by atoms with van der Waals surface area (Å²) in [4.78, 5) is 2.50. The van der Waals surface area contributed by atoms with Crippen LogP contribution in [0, 0.1) is 23.7 Å². The van der Waals surface area contributed by atoms with Crippen LogP contribution in [0.5, 0.6) is 0 Å². The number of para-hydroxylation sites is 2. The normalized spacial score (nSPS) is 23.3.